The second kappa shape index (κ2) is 14.6. The molecular weight excluding hydrogens is 665 g/mol. The van der Waals surface area contributed by atoms with Crippen molar-refractivity contribution in [2.45, 2.75) is 88.4 Å². The second-order valence-corrected chi connectivity index (χ2v) is 16.4. The van der Waals surface area contributed by atoms with E-state index in [2.05, 4.69) is 6.92 Å². The minimum atomic E-state index is -1.06. The number of methoxy groups -OCH3 is 1. The maximum absolute atomic E-state index is 12.3. The Balaban J connectivity index is 1.40. The third-order valence-corrected chi connectivity index (χ3v) is 13.1. The maximum atomic E-state index is 12.3. The molecule has 1 fully saturated rings. The minimum absolute atomic E-state index is 0.0621. The summed E-state index contributed by atoms with van der Waals surface area (Å²) in [4.78, 5) is 0. The zero-order valence-electron chi connectivity index (χ0n) is 28.0. The number of aromatic hydroxyl groups is 3. The number of phenolic OH excluding ortho intramolecular Hbond substituents is 3. The van der Waals surface area contributed by atoms with Crippen LogP contribution in [-0.2, 0) is 6.42 Å². The van der Waals surface area contributed by atoms with E-state index in [1.807, 2.05) is 29.0 Å². The number of rotatable bonds is 7. The van der Waals surface area contributed by atoms with Gasteiger partial charge in [0.2, 0.25) is 11.5 Å². The fourth-order valence-corrected chi connectivity index (χ4v) is 10.7. The van der Waals surface area contributed by atoms with Crippen LogP contribution in [0.3, 0.4) is 0 Å². The fourth-order valence-electron chi connectivity index (χ4n) is 8.11. The van der Waals surface area contributed by atoms with Crippen LogP contribution < -0.4 is 18.9 Å². The molecule has 9 nitrogen and oxygen atoms in total. The Labute approximate surface area is 295 Å². The summed E-state index contributed by atoms with van der Waals surface area (Å²) in [5.41, 5.74) is 5.20. The molecule has 2 aliphatic carbocycles. The van der Waals surface area contributed by atoms with Crippen molar-refractivity contribution in [3.05, 3.63) is 52.6 Å². The van der Waals surface area contributed by atoms with E-state index >= 15 is 0 Å². The highest BCUT2D eigenvalue weighted by Crippen LogP contribution is 2.58. The molecule has 2 bridgehead atoms. The lowest BCUT2D eigenvalue weighted by Gasteiger charge is -2.41. The molecule has 4 aliphatic rings. The van der Waals surface area contributed by atoms with Crippen LogP contribution >= 0.6 is 21.6 Å². The van der Waals surface area contributed by atoms with E-state index in [9.17, 15) is 25.5 Å². The molecule has 0 unspecified atom stereocenters. The molecule has 2 aliphatic heterocycles. The summed E-state index contributed by atoms with van der Waals surface area (Å²) in [6.45, 7) is 2.22. The van der Waals surface area contributed by atoms with E-state index in [0.717, 1.165) is 78.5 Å². The summed E-state index contributed by atoms with van der Waals surface area (Å²) < 4.78 is 24.6. The topological polar surface area (TPSA) is 138 Å². The molecule has 11 heteroatoms. The Bertz CT molecular complexity index is 1670. The number of hydrogen-bond donors (Lipinski definition) is 5. The summed E-state index contributed by atoms with van der Waals surface area (Å²) in [5, 5.41) is 55.2. The number of benzene rings is 3. The van der Waals surface area contributed by atoms with Gasteiger partial charge in [0.05, 0.1) is 19.8 Å². The molecule has 0 saturated heterocycles. The Kier molecular flexibility index (Phi) is 10.2. The molecular formula is C38H46O9S2. The molecule has 0 spiro atoms. The van der Waals surface area contributed by atoms with E-state index in [-0.39, 0.29) is 65.5 Å². The first-order valence-electron chi connectivity index (χ1n) is 17.4. The van der Waals surface area contributed by atoms with Crippen molar-refractivity contribution in [1.29, 1.82) is 0 Å². The van der Waals surface area contributed by atoms with E-state index < -0.39 is 12.2 Å². The summed E-state index contributed by atoms with van der Waals surface area (Å²) in [6, 6.07) is 8.94. The SMILES string of the molecule is COc1c(O)c(OC2CCCC2)cc([C@@H]2Oc3cc(OCCO)c4c5c3[C@H](CSSCC[C@H](C)CC[C@H](C5)c3cc(O)ccc3-4)[C@H]2O)c1O. The van der Waals surface area contributed by atoms with Gasteiger partial charge in [0.1, 0.15) is 30.0 Å². The Morgan fingerprint density at radius 1 is 0.918 bits per heavy atom. The predicted molar refractivity (Wildman–Crippen MR) is 192 cm³/mol. The van der Waals surface area contributed by atoms with Crippen molar-refractivity contribution >= 4 is 21.6 Å². The molecule has 0 amide bonds. The van der Waals surface area contributed by atoms with E-state index in [0.29, 0.717) is 29.6 Å². The van der Waals surface area contributed by atoms with Gasteiger partial charge in [0.15, 0.2) is 17.6 Å². The first-order valence-corrected chi connectivity index (χ1v) is 19.9. The zero-order valence-corrected chi connectivity index (χ0v) is 29.7. The summed E-state index contributed by atoms with van der Waals surface area (Å²) >= 11 is 0. The molecule has 5 atom stereocenters. The average molecular weight is 711 g/mol. The highest BCUT2D eigenvalue weighted by Gasteiger charge is 2.45. The largest absolute Gasteiger partial charge is 0.508 e. The van der Waals surface area contributed by atoms with Gasteiger partial charge in [0, 0.05) is 40.2 Å². The van der Waals surface area contributed by atoms with Crippen LogP contribution in [-0.4, -0.2) is 69.6 Å². The molecule has 7 rings (SSSR count). The quantitative estimate of drug-likeness (QED) is 0.155. The summed E-state index contributed by atoms with van der Waals surface area (Å²) in [5.74, 6) is 2.71. The number of aliphatic hydroxyl groups is 2. The monoisotopic (exact) mass is 710 g/mol. The third-order valence-electron chi connectivity index (χ3n) is 10.7. The van der Waals surface area contributed by atoms with Crippen LogP contribution in [0.25, 0.3) is 11.1 Å². The number of aliphatic hydroxyl groups excluding tert-OH is 2. The van der Waals surface area contributed by atoms with Gasteiger partial charge < -0.3 is 44.5 Å². The third kappa shape index (κ3) is 6.59. The standard InChI is InChI=1S/C38H46O9S2/c1-20-7-8-21-15-26-32(24-10-9-22(40)16-25(21)24)29(45-13-12-39)18-30-33(26)28(19-49-48-14-11-20)35(42)37(47-30)27-17-31(46-23-5-3-4-6-23)36(43)38(44-2)34(27)41/h9-10,16-18,20-21,23,28,35,37,39-43H,3-8,11-15,19H2,1-2H3/t20-,21-,28+,35-,37+/m1/s1. The molecule has 3 aromatic carbocycles. The van der Waals surface area contributed by atoms with Gasteiger partial charge in [-0.05, 0) is 91.7 Å². The molecule has 2 heterocycles. The number of phenols is 3. The highest BCUT2D eigenvalue weighted by molar-refractivity contribution is 8.76. The zero-order chi connectivity index (χ0) is 34.2. The van der Waals surface area contributed by atoms with Crippen LogP contribution in [0.2, 0.25) is 0 Å². The van der Waals surface area contributed by atoms with Gasteiger partial charge in [-0.15, -0.1) is 0 Å². The minimum Gasteiger partial charge on any atom is -0.508 e. The lowest BCUT2D eigenvalue weighted by atomic mass is 9.71. The second-order valence-electron chi connectivity index (χ2n) is 13.8. The van der Waals surface area contributed by atoms with Crippen molar-refractivity contribution in [3.8, 4) is 51.4 Å². The predicted octanol–water partition coefficient (Wildman–Crippen LogP) is 7.59. The molecule has 3 aromatic rings. The fraction of sp³-hybridized carbons (Fsp3) is 0.526. The molecule has 264 valence electrons. The average Bonchev–Trinajstić information content (AvgIpc) is 3.61. The normalized spacial score (nSPS) is 25.3. The Hall–Kier alpha value is -3.12. The van der Waals surface area contributed by atoms with Gasteiger partial charge >= 0.3 is 0 Å². The van der Waals surface area contributed by atoms with Gasteiger partial charge in [-0.1, -0.05) is 41.0 Å². The van der Waals surface area contributed by atoms with Crippen molar-refractivity contribution in [1.82, 2.24) is 0 Å². The Morgan fingerprint density at radius 2 is 1.73 bits per heavy atom. The lowest BCUT2D eigenvalue weighted by Crippen LogP contribution is -2.37. The summed E-state index contributed by atoms with van der Waals surface area (Å²) in [7, 11) is 4.93. The van der Waals surface area contributed by atoms with E-state index in [1.54, 1.807) is 22.9 Å². The van der Waals surface area contributed by atoms with Crippen molar-refractivity contribution in [3.63, 3.8) is 0 Å². The maximum Gasteiger partial charge on any atom is 0.207 e. The first-order chi connectivity index (χ1) is 23.8. The van der Waals surface area contributed by atoms with Crippen molar-refractivity contribution in [2.75, 3.05) is 31.8 Å². The smallest absolute Gasteiger partial charge is 0.207 e. The van der Waals surface area contributed by atoms with Crippen LogP contribution in [0.5, 0.6) is 40.2 Å². The van der Waals surface area contributed by atoms with Gasteiger partial charge in [-0.2, -0.15) is 0 Å². The molecule has 5 N–H and O–H groups in total. The Morgan fingerprint density at radius 3 is 2.51 bits per heavy atom. The van der Waals surface area contributed by atoms with Crippen LogP contribution in [0, 0.1) is 5.92 Å². The first kappa shape index (κ1) is 34.3. The number of hydrogen-bond acceptors (Lipinski definition) is 11. The van der Waals surface area contributed by atoms with E-state index in [1.165, 1.54) is 7.11 Å². The molecule has 0 radical (unpaired) electrons. The van der Waals surface area contributed by atoms with Crippen molar-refractivity contribution < 1.29 is 44.5 Å². The van der Waals surface area contributed by atoms with Gasteiger partial charge in [-0.3, -0.25) is 0 Å². The number of fused-ring (bicyclic) bond motifs is 4. The molecule has 49 heavy (non-hydrogen) atoms. The highest BCUT2D eigenvalue weighted by atomic mass is 33.1. The summed E-state index contributed by atoms with van der Waals surface area (Å²) in [6.07, 6.45) is 5.48. The van der Waals surface area contributed by atoms with Gasteiger partial charge in [-0.25, -0.2) is 0 Å². The van der Waals surface area contributed by atoms with Crippen LogP contribution in [0.15, 0.2) is 30.3 Å². The van der Waals surface area contributed by atoms with E-state index in [4.69, 9.17) is 18.9 Å². The number of ether oxygens (including phenoxy) is 4. The lowest BCUT2D eigenvalue weighted by molar-refractivity contribution is 0.00285. The van der Waals surface area contributed by atoms with Gasteiger partial charge in [0.25, 0.3) is 0 Å². The van der Waals surface area contributed by atoms with Crippen LogP contribution in [0.4, 0.5) is 0 Å². The van der Waals surface area contributed by atoms with Crippen molar-refractivity contribution in [2.24, 2.45) is 5.92 Å². The van der Waals surface area contributed by atoms with Crippen LogP contribution in [0.1, 0.15) is 92.1 Å². The molecule has 0 aromatic heterocycles. The molecule has 1 saturated carbocycles.